The summed E-state index contributed by atoms with van der Waals surface area (Å²) in [4.78, 5) is 0. The lowest BCUT2D eigenvalue weighted by Crippen LogP contribution is -2.19. The summed E-state index contributed by atoms with van der Waals surface area (Å²) in [6.45, 7) is -0.786. The number of para-hydroxylation sites is 2. The van der Waals surface area contributed by atoms with E-state index in [1.807, 2.05) is 29.9 Å². The summed E-state index contributed by atoms with van der Waals surface area (Å²) >= 11 is 0. The van der Waals surface area contributed by atoms with Crippen molar-refractivity contribution in [2.75, 3.05) is 11.9 Å². The first-order valence-electron chi connectivity index (χ1n) is 6.08. The zero-order valence-corrected chi connectivity index (χ0v) is 10.9. The van der Waals surface area contributed by atoms with E-state index in [2.05, 4.69) is 5.32 Å². The van der Waals surface area contributed by atoms with Gasteiger partial charge in [-0.2, -0.15) is 13.2 Å². The number of alkyl halides is 3. The number of benzene rings is 1. The van der Waals surface area contributed by atoms with Crippen molar-refractivity contribution in [3.8, 4) is 5.75 Å². The highest BCUT2D eigenvalue weighted by atomic mass is 19.4. The number of nitrogens with one attached hydrogen (secondary N) is 1. The Morgan fingerprint density at radius 1 is 1.15 bits per heavy atom. The highest BCUT2D eigenvalue weighted by molar-refractivity contribution is 5.56. The number of anilines is 1. The highest BCUT2D eigenvalue weighted by Crippen LogP contribution is 2.26. The van der Waals surface area contributed by atoms with Crippen molar-refractivity contribution in [3.63, 3.8) is 0 Å². The van der Waals surface area contributed by atoms with Crippen LogP contribution in [0.5, 0.6) is 5.75 Å². The minimum atomic E-state index is -4.34. The Morgan fingerprint density at radius 3 is 2.55 bits per heavy atom. The maximum atomic E-state index is 12.2. The molecule has 1 aromatic carbocycles. The quantitative estimate of drug-likeness (QED) is 0.908. The number of hydrogen-bond acceptors (Lipinski definition) is 2. The fourth-order valence-corrected chi connectivity index (χ4v) is 1.76. The molecule has 0 aliphatic heterocycles. The summed E-state index contributed by atoms with van der Waals surface area (Å²) in [5.74, 6) is 0.194. The Kier molecular flexibility index (Phi) is 4.22. The van der Waals surface area contributed by atoms with Gasteiger partial charge in [0, 0.05) is 18.9 Å². The van der Waals surface area contributed by atoms with Gasteiger partial charge in [0.2, 0.25) is 0 Å². The molecule has 0 spiro atoms. The van der Waals surface area contributed by atoms with Gasteiger partial charge in [-0.05, 0) is 24.3 Å². The lowest BCUT2D eigenvalue weighted by Gasteiger charge is -2.14. The van der Waals surface area contributed by atoms with Gasteiger partial charge in [0.1, 0.15) is 5.75 Å². The Labute approximate surface area is 115 Å². The van der Waals surface area contributed by atoms with E-state index < -0.39 is 12.8 Å². The molecule has 2 rings (SSSR count). The Balaban J connectivity index is 2.02. The molecule has 0 atom stereocenters. The molecule has 3 nitrogen and oxygen atoms in total. The maximum absolute atomic E-state index is 12.2. The van der Waals surface area contributed by atoms with Crippen molar-refractivity contribution < 1.29 is 17.9 Å². The molecular weight excluding hydrogens is 269 g/mol. The molecule has 0 unspecified atom stereocenters. The van der Waals surface area contributed by atoms with Crippen molar-refractivity contribution in [1.82, 2.24) is 4.57 Å². The lowest BCUT2D eigenvalue weighted by molar-refractivity contribution is -0.153. The van der Waals surface area contributed by atoms with Crippen molar-refractivity contribution in [3.05, 3.63) is 48.3 Å². The number of ether oxygens (including phenoxy) is 1. The molecule has 0 bridgehead atoms. The van der Waals surface area contributed by atoms with Gasteiger partial charge < -0.3 is 14.6 Å². The summed E-state index contributed by atoms with van der Waals surface area (Å²) in [7, 11) is 1.91. The van der Waals surface area contributed by atoms with Crippen molar-refractivity contribution in [2.24, 2.45) is 7.05 Å². The Hall–Kier alpha value is -2.11. The molecule has 0 saturated carbocycles. The molecule has 0 fully saturated rings. The van der Waals surface area contributed by atoms with Crippen LogP contribution in [0.15, 0.2) is 42.6 Å². The number of aryl methyl sites for hydroxylation is 1. The van der Waals surface area contributed by atoms with Crippen molar-refractivity contribution in [2.45, 2.75) is 12.7 Å². The molecule has 6 heteroatoms. The predicted molar refractivity (Wildman–Crippen MR) is 70.7 cm³/mol. The van der Waals surface area contributed by atoms with Gasteiger partial charge in [-0.3, -0.25) is 0 Å². The summed E-state index contributed by atoms with van der Waals surface area (Å²) < 4.78 is 43.3. The zero-order chi connectivity index (χ0) is 14.6. The number of hydrogen-bond donors (Lipinski definition) is 1. The van der Waals surface area contributed by atoms with Crippen LogP contribution in [0.1, 0.15) is 5.69 Å². The van der Waals surface area contributed by atoms with E-state index in [0.29, 0.717) is 12.2 Å². The Morgan fingerprint density at radius 2 is 1.90 bits per heavy atom. The van der Waals surface area contributed by atoms with Crippen LogP contribution >= 0.6 is 0 Å². The number of nitrogens with zero attached hydrogens (tertiary/aromatic N) is 1. The first-order chi connectivity index (χ1) is 9.46. The van der Waals surface area contributed by atoms with Crippen LogP contribution in [0.25, 0.3) is 0 Å². The van der Waals surface area contributed by atoms with Gasteiger partial charge in [-0.15, -0.1) is 0 Å². The maximum Gasteiger partial charge on any atom is 0.422 e. The SMILES string of the molecule is Cn1cccc1CNc1ccccc1OCC(F)(F)F. The van der Waals surface area contributed by atoms with Gasteiger partial charge in [0.05, 0.1) is 12.2 Å². The monoisotopic (exact) mass is 284 g/mol. The molecular formula is C14H15F3N2O. The fraction of sp³-hybridized carbons (Fsp3) is 0.286. The van der Waals surface area contributed by atoms with E-state index in [1.165, 1.54) is 6.07 Å². The third-order valence-electron chi connectivity index (χ3n) is 2.79. The molecule has 0 aliphatic carbocycles. The van der Waals surface area contributed by atoms with E-state index in [9.17, 15) is 13.2 Å². The molecule has 0 aliphatic rings. The van der Waals surface area contributed by atoms with Crippen LogP contribution in [-0.4, -0.2) is 17.4 Å². The van der Waals surface area contributed by atoms with Gasteiger partial charge in [-0.1, -0.05) is 12.1 Å². The molecule has 1 N–H and O–H groups in total. The fourth-order valence-electron chi connectivity index (χ4n) is 1.76. The number of aromatic nitrogens is 1. The molecule has 0 radical (unpaired) electrons. The third-order valence-corrected chi connectivity index (χ3v) is 2.79. The van der Waals surface area contributed by atoms with Gasteiger partial charge >= 0.3 is 6.18 Å². The molecule has 1 aromatic heterocycles. The molecule has 20 heavy (non-hydrogen) atoms. The second-order valence-electron chi connectivity index (χ2n) is 4.36. The van der Waals surface area contributed by atoms with E-state index in [4.69, 9.17) is 4.74 Å². The summed E-state index contributed by atoms with van der Waals surface area (Å²) in [6.07, 6.45) is -2.44. The average molecular weight is 284 g/mol. The van der Waals surface area contributed by atoms with Gasteiger partial charge in [-0.25, -0.2) is 0 Å². The van der Waals surface area contributed by atoms with Gasteiger partial charge in [0.25, 0.3) is 0 Å². The first kappa shape index (κ1) is 14.3. The second kappa shape index (κ2) is 5.90. The predicted octanol–water partition coefficient (Wildman–Crippen LogP) is 3.58. The van der Waals surface area contributed by atoms with Crippen LogP contribution in [0.2, 0.25) is 0 Å². The first-order valence-corrected chi connectivity index (χ1v) is 6.08. The highest BCUT2D eigenvalue weighted by Gasteiger charge is 2.28. The third kappa shape index (κ3) is 3.94. The molecule has 2 aromatic rings. The van der Waals surface area contributed by atoms with E-state index in [0.717, 1.165) is 5.69 Å². The second-order valence-corrected chi connectivity index (χ2v) is 4.36. The molecule has 0 amide bonds. The minimum Gasteiger partial charge on any atom is -0.482 e. The number of halogens is 3. The van der Waals surface area contributed by atoms with Crippen molar-refractivity contribution >= 4 is 5.69 Å². The summed E-state index contributed by atoms with van der Waals surface area (Å²) in [5, 5.41) is 3.08. The van der Waals surface area contributed by atoms with Crippen LogP contribution < -0.4 is 10.1 Å². The smallest absolute Gasteiger partial charge is 0.422 e. The largest absolute Gasteiger partial charge is 0.482 e. The zero-order valence-electron chi connectivity index (χ0n) is 10.9. The van der Waals surface area contributed by atoms with Crippen molar-refractivity contribution in [1.29, 1.82) is 0 Å². The van der Waals surface area contributed by atoms with E-state index >= 15 is 0 Å². The standard InChI is InChI=1S/C14H15F3N2O/c1-19-8-4-5-11(19)9-18-12-6-2-3-7-13(12)20-10-14(15,16)17/h2-8,18H,9-10H2,1H3. The lowest BCUT2D eigenvalue weighted by atomic mass is 10.3. The van der Waals surface area contributed by atoms with Crippen LogP contribution in [0, 0.1) is 0 Å². The molecule has 108 valence electrons. The summed E-state index contributed by atoms with van der Waals surface area (Å²) in [6, 6.07) is 10.4. The van der Waals surface area contributed by atoms with Crippen LogP contribution in [0.3, 0.4) is 0 Å². The summed E-state index contributed by atoms with van der Waals surface area (Å²) in [5.41, 5.74) is 1.56. The number of rotatable bonds is 5. The van der Waals surface area contributed by atoms with Crippen LogP contribution in [-0.2, 0) is 13.6 Å². The van der Waals surface area contributed by atoms with Crippen LogP contribution in [0.4, 0.5) is 18.9 Å². The molecule has 1 heterocycles. The average Bonchev–Trinajstić information content (AvgIpc) is 2.79. The van der Waals surface area contributed by atoms with E-state index in [1.54, 1.807) is 18.2 Å². The topological polar surface area (TPSA) is 26.2 Å². The Bertz CT molecular complexity index is 564. The molecule has 0 saturated heterocycles. The normalized spacial score (nSPS) is 11.4. The van der Waals surface area contributed by atoms with Gasteiger partial charge in [0.15, 0.2) is 6.61 Å². The van der Waals surface area contributed by atoms with E-state index in [-0.39, 0.29) is 5.75 Å². The minimum absolute atomic E-state index is 0.194.